The zero-order chi connectivity index (χ0) is 48.0. The van der Waals surface area contributed by atoms with Gasteiger partial charge >= 0.3 is 13.8 Å². The number of carbonyl (C=O) groups excluding carboxylic acids is 1. The van der Waals surface area contributed by atoms with Crippen LogP contribution in [0.15, 0.2) is 48.6 Å². The van der Waals surface area contributed by atoms with E-state index in [1.54, 1.807) is 0 Å². The van der Waals surface area contributed by atoms with Gasteiger partial charge in [0.2, 0.25) is 0 Å². The molecule has 0 heterocycles. The van der Waals surface area contributed by atoms with Crippen molar-refractivity contribution in [2.24, 2.45) is 5.73 Å². The van der Waals surface area contributed by atoms with Crippen LogP contribution in [-0.2, 0) is 27.9 Å². The van der Waals surface area contributed by atoms with Crippen LogP contribution in [0, 0.1) is 0 Å². The van der Waals surface area contributed by atoms with Crippen molar-refractivity contribution in [3.63, 3.8) is 0 Å². The SMILES string of the molecule is CCCCCCC/C=C\C/C=C\CCCCCCCCCCCCCCOCC(COP(=O)(O)OCCN)OC(=O)CCCCCCCCCCCCC/C=C\C/C=C\CCCCCCC. The maximum Gasteiger partial charge on any atom is 0.472 e. The highest BCUT2D eigenvalue weighted by Crippen LogP contribution is 2.43. The molecule has 0 aromatic heterocycles. The van der Waals surface area contributed by atoms with E-state index in [1.165, 1.54) is 205 Å². The van der Waals surface area contributed by atoms with Gasteiger partial charge in [0.15, 0.2) is 0 Å². The van der Waals surface area contributed by atoms with Crippen LogP contribution >= 0.6 is 7.82 Å². The molecule has 0 aliphatic carbocycles. The molecule has 0 rings (SSSR count). The highest BCUT2D eigenvalue weighted by atomic mass is 31.2. The molecule has 0 fully saturated rings. The van der Waals surface area contributed by atoms with E-state index in [0.717, 1.165) is 44.9 Å². The molecule has 66 heavy (non-hydrogen) atoms. The predicted molar refractivity (Wildman–Crippen MR) is 284 cm³/mol. The summed E-state index contributed by atoms with van der Waals surface area (Å²) in [6, 6.07) is 0. The van der Waals surface area contributed by atoms with Crippen LogP contribution in [0.5, 0.6) is 0 Å². The topological polar surface area (TPSA) is 117 Å². The first-order valence-electron chi connectivity index (χ1n) is 28.1. The Kier molecular flexibility index (Phi) is 53.1. The summed E-state index contributed by atoms with van der Waals surface area (Å²) in [5.74, 6) is -0.330. The maximum absolute atomic E-state index is 12.7. The Morgan fingerprint density at radius 3 is 1.18 bits per heavy atom. The van der Waals surface area contributed by atoms with Crippen molar-refractivity contribution in [3.05, 3.63) is 48.6 Å². The van der Waals surface area contributed by atoms with Crippen LogP contribution in [0.4, 0.5) is 0 Å². The van der Waals surface area contributed by atoms with E-state index < -0.39 is 13.9 Å². The summed E-state index contributed by atoms with van der Waals surface area (Å²) < 4.78 is 33.7. The molecule has 0 spiro atoms. The van der Waals surface area contributed by atoms with Crippen molar-refractivity contribution in [1.82, 2.24) is 0 Å². The van der Waals surface area contributed by atoms with Gasteiger partial charge in [-0.25, -0.2) is 4.57 Å². The van der Waals surface area contributed by atoms with Gasteiger partial charge in [-0.05, 0) is 77.0 Å². The molecule has 0 radical (unpaired) electrons. The fraction of sp³-hybridized carbons (Fsp3) is 0.842. The number of phosphoric acid groups is 1. The van der Waals surface area contributed by atoms with Crippen molar-refractivity contribution in [2.75, 3.05) is 33.0 Å². The molecule has 388 valence electrons. The molecule has 3 N–H and O–H groups in total. The van der Waals surface area contributed by atoms with Crippen LogP contribution in [0.1, 0.15) is 271 Å². The Morgan fingerprint density at radius 2 is 0.803 bits per heavy atom. The zero-order valence-corrected chi connectivity index (χ0v) is 44.3. The third-order valence-corrected chi connectivity index (χ3v) is 13.2. The maximum atomic E-state index is 12.7. The second kappa shape index (κ2) is 54.4. The predicted octanol–water partition coefficient (Wildman–Crippen LogP) is 17.9. The molecule has 0 saturated heterocycles. The van der Waals surface area contributed by atoms with E-state index in [9.17, 15) is 14.3 Å². The molecular weight excluding hydrogens is 842 g/mol. The molecular formula is C57H108NO7P. The van der Waals surface area contributed by atoms with E-state index in [2.05, 4.69) is 62.5 Å². The van der Waals surface area contributed by atoms with Crippen molar-refractivity contribution in [3.8, 4) is 0 Å². The monoisotopic (exact) mass is 950 g/mol. The molecule has 9 heteroatoms. The summed E-state index contributed by atoms with van der Waals surface area (Å²) in [6.07, 6.45) is 67.3. The first-order valence-corrected chi connectivity index (χ1v) is 29.6. The van der Waals surface area contributed by atoms with Crippen molar-refractivity contribution >= 4 is 13.8 Å². The Bertz CT molecular complexity index is 1160. The van der Waals surface area contributed by atoms with E-state index in [4.69, 9.17) is 24.3 Å². The van der Waals surface area contributed by atoms with Crippen LogP contribution in [0.2, 0.25) is 0 Å². The number of rotatable bonds is 54. The number of unbranched alkanes of at least 4 members (excludes halogenated alkanes) is 33. The van der Waals surface area contributed by atoms with Gasteiger partial charge in [0, 0.05) is 19.6 Å². The minimum atomic E-state index is -4.29. The van der Waals surface area contributed by atoms with Crippen molar-refractivity contribution in [2.45, 2.75) is 277 Å². The average Bonchev–Trinajstić information content (AvgIpc) is 3.31. The van der Waals surface area contributed by atoms with Gasteiger partial charge in [-0.1, -0.05) is 236 Å². The standard InChI is InChI=1S/C57H108NO7P/c1-3-5-7-9-11-13-15-17-19-21-23-25-27-29-31-33-35-37-39-41-43-45-47-49-52-62-54-56(55-64-66(60,61)63-53-51-58)65-57(59)50-48-46-44-42-40-38-36-34-32-30-28-26-24-22-20-18-16-14-12-10-8-6-4-2/h15-18,21-24,56H,3-14,19-20,25-55,58H2,1-2H3,(H,60,61)/b17-15-,18-16-,23-21-,24-22-. The highest BCUT2D eigenvalue weighted by molar-refractivity contribution is 7.47. The number of ether oxygens (including phenoxy) is 2. The molecule has 0 amide bonds. The molecule has 2 atom stereocenters. The minimum absolute atomic E-state index is 0.0962. The van der Waals surface area contributed by atoms with Crippen LogP contribution in [-0.4, -0.2) is 49.9 Å². The summed E-state index contributed by atoms with van der Waals surface area (Å²) in [5.41, 5.74) is 5.40. The fourth-order valence-corrected chi connectivity index (χ4v) is 8.83. The lowest BCUT2D eigenvalue weighted by atomic mass is 10.0. The van der Waals surface area contributed by atoms with Gasteiger partial charge in [0.05, 0.1) is 19.8 Å². The summed E-state index contributed by atoms with van der Waals surface area (Å²) >= 11 is 0. The van der Waals surface area contributed by atoms with Gasteiger partial charge < -0.3 is 20.1 Å². The Hall–Kier alpha value is -1.54. The number of hydrogen-bond donors (Lipinski definition) is 2. The first kappa shape index (κ1) is 64.5. The fourth-order valence-electron chi connectivity index (χ4n) is 8.06. The highest BCUT2D eigenvalue weighted by Gasteiger charge is 2.25. The molecule has 0 aromatic rings. The quantitative estimate of drug-likeness (QED) is 0.0268. The van der Waals surface area contributed by atoms with E-state index in [-0.39, 0.29) is 32.3 Å². The lowest BCUT2D eigenvalue weighted by Gasteiger charge is -2.20. The molecule has 0 aromatic carbocycles. The summed E-state index contributed by atoms with van der Waals surface area (Å²) in [7, 11) is -4.29. The van der Waals surface area contributed by atoms with E-state index in [0.29, 0.717) is 13.0 Å². The summed E-state index contributed by atoms with van der Waals surface area (Å²) in [6.45, 7) is 4.94. The largest absolute Gasteiger partial charge is 0.472 e. The Morgan fingerprint density at radius 1 is 0.455 bits per heavy atom. The summed E-state index contributed by atoms with van der Waals surface area (Å²) in [5, 5.41) is 0. The molecule has 0 aliphatic heterocycles. The first-order chi connectivity index (χ1) is 32.4. The van der Waals surface area contributed by atoms with Gasteiger partial charge in [-0.2, -0.15) is 0 Å². The van der Waals surface area contributed by atoms with Crippen LogP contribution < -0.4 is 5.73 Å². The molecule has 0 aliphatic rings. The second-order valence-corrected chi connectivity index (χ2v) is 20.2. The molecule has 0 bridgehead atoms. The smallest absolute Gasteiger partial charge is 0.457 e. The normalized spacial score (nSPS) is 13.6. The lowest BCUT2D eigenvalue weighted by Crippen LogP contribution is -2.28. The van der Waals surface area contributed by atoms with Crippen LogP contribution in [0.3, 0.4) is 0 Å². The van der Waals surface area contributed by atoms with E-state index in [1.807, 2.05) is 0 Å². The number of nitrogens with two attached hydrogens (primary N) is 1. The van der Waals surface area contributed by atoms with Crippen molar-refractivity contribution < 1.29 is 32.8 Å². The minimum Gasteiger partial charge on any atom is -0.457 e. The van der Waals surface area contributed by atoms with Gasteiger partial charge in [-0.15, -0.1) is 0 Å². The summed E-state index contributed by atoms with van der Waals surface area (Å²) in [4.78, 5) is 22.7. The number of esters is 1. The zero-order valence-electron chi connectivity index (χ0n) is 43.4. The van der Waals surface area contributed by atoms with Gasteiger partial charge in [-0.3, -0.25) is 13.8 Å². The number of carbonyl (C=O) groups is 1. The Labute approximate surface area is 409 Å². The van der Waals surface area contributed by atoms with E-state index >= 15 is 0 Å². The number of allylic oxidation sites excluding steroid dienone is 8. The van der Waals surface area contributed by atoms with Crippen LogP contribution in [0.25, 0.3) is 0 Å². The third-order valence-electron chi connectivity index (χ3n) is 12.2. The average molecular weight is 950 g/mol. The molecule has 2 unspecified atom stereocenters. The third kappa shape index (κ3) is 53.4. The second-order valence-electron chi connectivity index (χ2n) is 18.8. The van der Waals surface area contributed by atoms with Crippen molar-refractivity contribution in [1.29, 1.82) is 0 Å². The number of phosphoric ester groups is 1. The molecule has 8 nitrogen and oxygen atoms in total. The Balaban J connectivity index is 3.89. The lowest BCUT2D eigenvalue weighted by molar-refractivity contribution is -0.154. The number of hydrogen-bond acceptors (Lipinski definition) is 7. The van der Waals surface area contributed by atoms with Gasteiger partial charge in [0.1, 0.15) is 6.10 Å². The van der Waals surface area contributed by atoms with Gasteiger partial charge in [0.25, 0.3) is 0 Å². The molecule has 0 saturated carbocycles.